The summed E-state index contributed by atoms with van der Waals surface area (Å²) in [4.78, 5) is 0. The quantitative estimate of drug-likeness (QED) is 0.665. The second-order valence-electron chi connectivity index (χ2n) is 2.85. The minimum atomic E-state index is 0.478. The molecule has 0 radical (unpaired) electrons. The number of hydrogen-bond donors (Lipinski definition) is 1. The van der Waals surface area contributed by atoms with Gasteiger partial charge in [0.25, 0.3) is 0 Å². The van der Waals surface area contributed by atoms with Gasteiger partial charge in [-0.3, -0.25) is 0 Å². The maximum atomic E-state index is 5.48. The molecule has 1 aromatic rings. The molecule has 0 bridgehead atoms. The van der Waals surface area contributed by atoms with Crippen LogP contribution in [0.3, 0.4) is 0 Å². The minimum absolute atomic E-state index is 0.478. The number of unbranched alkanes of at least 4 members (excludes halogenated alkanes) is 2. The van der Waals surface area contributed by atoms with E-state index in [1.54, 1.807) is 6.33 Å². The fourth-order valence-electron chi connectivity index (χ4n) is 1.16. The first-order chi connectivity index (χ1) is 5.88. The van der Waals surface area contributed by atoms with E-state index in [1.165, 1.54) is 19.3 Å². The molecule has 0 aliphatic rings. The fraction of sp³-hybridized carbons (Fsp3) is 0.750. The first-order valence-corrected chi connectivity index (χ1v) is 4.45. The molecule has 0 aromatic carbocycles. The van der Waals surface area contributed by atoms with Crippen LogP contribution in [0.5, 0.6) is 0 Å². The van der Waals surface area contributed by atoms with Gasteiger partial charge in [-0.25, -0.2) is 0 Å². The average Bonchev–Trinajstić information content (AvgIpc) is 2.52. The van der Waals surface area contributed by atoms with Gasteiger partial charge in [0.05, 0.1) is 6.54 Å². The van der Waals surface area contributed by atoms with E-state index >= 15 is 0 Å². The van der Waals surface area contributed by atoms with Crippen LogP contribution in [0.2, 0.25) is 0 Å². The molecule has 0 saturated heterocycles. The van der Waals surface area contributed by atoms with Gasteiger partial charge in [-0.1, -0.05) is 19.8 Å². The summed E-state index contributed by atoms with van der Waals surface area (Å²) in [5.41, 5.74) is 5.48. The second kappa shape index (κ2) is 4.87. The lowest BCUT2D eigenvalue weighted by Gasteiger charge is -2.02. The molecule has 4 heteroatoms. The van der Waals surface area contributed by atoms with Crippen molar-refractivity contribution in [2.24, 2.45) is 5.73 Å². The minimum Gasteiger partial charge on any atom is -0.324 e. The average molecular weight is 168 g/mol. The summed E-state index contributed by atoms with van der Waals surface area (Å²) in [5, 5.41) is 7.71. The fourth-order valence-corrected chi connectivity index (χ4v) is 1.16. The van der Waals surface area contributed by atoms with E-state index in [4.69, 9.17) is 5.73 Å². The van der Waals surface area contributed by atoms with Crippen molar-refractivity contribution in [3.63, 3.8) is 0 Å². The van der Waals surface area contributed by atoms with Crippen LogP contribution < -0.4 is 5.73 Å². The van der Waals surface area contributed by atoms with Gasteiger partial charge < -0.3 is 10.3 Å². The van der Waals surface area contributed by atoms with Crippen LogP contribution in [-0.2, 0) is 13.1 Å². The second-order valence-corrected chi connectivity index (χ2v) is 2.85. The Hall–Kier alpha value is -0.900. The zero-order valence-corrected chi connectivity index (χ0v) is 7.53. The third kappa shape index (κ3) is 2.30. The van der Waals surface area contributed by atoms with Crippen molar-refractivity contribution in [3.8, 4) is 0 Å². The normalized spacial score (nSPS) is 10.5. The van der Waals surface area contributed by atoms with Crippen molar-refractivity contribution >= 4 is 0 Å². The van der Waals surface area contributed by atoms with Gasteiger partial charge >= 0.3 is 0 Å². The molecular weight excluding hydrogens is 152 g/mol. The number of nitrogens with zero attached hydrogens (tertiary/aromatic N) is 3. The molecule has 0 aliphatic carbocycles. The third-order valence-corrected chi connectivity index (χ3v) is 1.88. The molecule has 12 heavy (non-hydrogen) atoms. The first kappa shape index (κ1) is 9.19. The lowest BCUT2D eigenvalue weighted by Crippen LogP contribution is -2.07. The lowest BCUT2D eigenvalue weighted by atomic mass is 10.2. The molecule has 0 saturated carbocycles. The number of aryl methyl sites for hydroxylation is 1. The van der Waals surface area contributed by atoms with E-state index in [9.17, 15) is 0 Å². The summed E-state index contributed by atoms with van der Waals surface area (Å²) in [6, 6.07) is 0. The van der Waals surface area contributed by atoms with Crippen LogP contribution in [0.1, 0.15) is 32.0 Å². The summed E-state index contributed by atoms with van der Waals surface area (Å²) >= 11 is 0. The Labute approximate surface area is 72.8 Å². The smallest absolute Gasteiger partial charge is 0.146 e. The van der Waals surface area contributed by atoms with Crippen LogP contribution in [0.4, 0.5) is 0 Å². The highest BCUT2D eigenvalue weighted by Gasteiger charge is 1.99. The van der Waals surface area contributed by atoms with E-state index in [-0.39, 0.29) is 0 Å². The number of rotatable bonds is 5. The van der Waals surface area contributed by atoms with Gasteiger partial charge in [0, 0.05) is 6.54 Å². The van der Waals surface area contributed by atoms with Crippen molar-refractivity contribution in [1.29, 1.82) is 0 Å². The van der Waals surface area contributed by atoms with Gasteiger partial charge in [-0.05, 0) is 6.42 Å². The van der Waals surface area contributed by atoms with Gasteiger partial charge in [0.15, 0.2) is 0 Å². The molecule has 4 nitrogen and oxygen atoms in total. The molecule has 0 unspecified atom stereocenters. The lowest BCUT2D eigenvalue weighted by molar-refractivity contribution is 0.580. The van der Waals surface area contributed by atoms with Crippen molar-refractivity contribution in [3.05, 3.63) is 12.2 Å². The molecule has 1 heterocycles. The zero-order valence-electron chi connectivity index (χ0n) is 7.53. The Morgan fingerprint density at radius 3 is 3.00 bits per heavy atom. The van der Waals surface area contributed by atoms with E-state index in [0.717, 1.165) is 12.4 Å². The van der Waals surface area contributed by atoms with Crippen LogP contribution in [0.15, 0.2) is 6.33 Å². The van der Waals surface area contributed by atoms with Crippen molar-refractivity contribution in [1.82, 2.24) is 14.8 Å². The SMILES string of the molecule is CCCCCn1cnnc1CN. The summed E-state index contributed by atoms with van der Waals surface area (Å²) in [6.45, 7) is 3.66. The van der Waals surface area contributed by atoms with Crippen LogP contribution in [0, 0.1) is 0 Å². The van der Waals surface area contributed by atoms with Gasteiger partial charge in [0.2, 0.25) is 0 Å². The molecule has 0 amide bonds. The summed E-state index contributed by atoms with van der Waals surface area (Å²) in [6.07, 6.45) is 5.42. The van der Waals surface area contributed by atoms with E-state index in [0.29, 0.717) is 6.54 Å². The Bertz CT molecular complexity index is 219. The molecular formula is C8H16N4. The number of nitrogens with two attached hydrogens (primary N) is 1. The summed E-state index contributed by atoms with van der Waals surface area (Å²) < 4.78 is 2.02. The molecule has 0 fully saturated rings. The first-order valence-electron chi connectivity index (χ1n) is 4.45. The Balaban J connectivity index is 2.39. The predicted molar refractivity (Wildman–Crippen MR) is 47.4 cm³/mol. The Morgan fingerprint density at radius 1 is 1.50 bits per heavy atom. The monoisotopic (exact) mass is 168 g/mol. The number of aromatic nitrogens is 3. The zero-order chi connectivity index (χ0) is 8.81. The van der Waals surface area contributed by atoms with E-state index < -0.39 is 0 Å². The Kier molecular flexibility index (Phi) is 3.73. The summed E-state index contributed by atoms with van der Waals surface area (Å²) in [5.74, 6) is 0.881. The van der Waals surface area contributed by atoms with Gasteiger partial charge in [-0.15, -0.1) is 10.2 Å². The molecule has 0 aliphatic heterocycles. The van der Waals surface area contributed by atoms with Crippen LogP contribution in [-0.4, -0.2) is 14.8 Å². The highest BCUT2D eigenvalue weighted by molar-refractivity contribution is 4.83. The maximum absolute atomic E-state index is 5.48. The topological polar surface area (TPSA) is 56.7 Å². The van der Waals surface area contributed by atoms with Gasteiger partial charge in [-0.2, -0.15) is 0 Å². The molecule has 68 valence electrons. The van der Waals surface area contributed by atoms with Crippen molar-refractivity contribution < 1.29 is 0 Å². The molecule has 2 N–H and O–H groups in total. The van der Waals surface area contributed by atoms with Crippen molar-refractivity contribution in [2.75, 3.05) is 0 Å². The molecule has 1 aromatic heterocycles. The molecule has 1 rings (SSSR count). The van der Waals surface area contributed by atoms with Crippen LogP contribution >= 0.6 is 0 Å². The molecule has 0 atom stereocenters. The van der Waals surface area contributed by atoms with Gasteiger partial charge in [0.1, 0.15) is 12.2 Å². The molecule has 0 spiro atoms. The predicted octanol–water partition coefficient (Wildman–Crippen LogP) is 0.927. The number of hydrogen-bond acceptors (Lipinski definition) is 3. The van der Waals surface area contributed by atoms with Crippen molar-refractivity contribution in [2.45, 2.75) is 39.3 Å². The Morgan fingerprint density at radius 2 is 2.33 bits per heavy atom. The van der Waals surface area contributed by atoms with E-state index in [1.807, 2.05) is 4.57 Å². The maximum Gasteiger partial charge on any atom is 0.146 e. The third-order valence-electron chi connectivity index (χ3n) is 1.88. The summed E-state index contributed by atoms with van der Waals surface area (Å²) in [7, 11) is 0. The largest absolute Gasteiger partial charge is 0.324 e. The van der Waals surface area contributed by atoms with E-state index in [2.05, 4.69) is 17.1 Å². The highest BCUT2D eigenvalue weighted by atomic mass is 15.3. The standard InChI is InChI=1S/C8H16N4/c1-2-3-4-5-12-7-10-11-8(12)6-9/h7H,2-6,9H2,1H3. The highest BCUT2D eigenvalue weighted by Crippen LogP contribution is 2.00. The van der Waals surface area contributed by atoms with Crippen LogP contribution in [0.25, 0.3) is 0 Å².